The summed E-state index contributed by atoms with van der Waals surface area (Å²) in [6.07, 6.45) is 0.125. The minimum Gasteiger partial charge on any atom is -0.396 e. The Morgan fingerprint density at radius 3 is 2.60 bits per heavy atom. The summed E-state index contributed by atoms with van der Waals surface area (Å²) in [5.74, 6) is -0.663. The highest BCUT2D eigenvalue weighted by atomic mass is 19.1. The van der Waals surface area contributed by atoms with E-state index in [2.05, 4.69) is 10.3 Å². The second-order valence-electron chi connectivity index (χ2n) is 7.17. The minimum atomic E-state index is -0.467. The molecule has 30 heavy (non-hydrogen) atoms. The largest absolute Gasteiger partial charge is 0.396 e. The van der Waals surface area contributed by atoms with Crippen molar-refractivity contribution >= 4 is 11.6 Å². The van der Waals surface area contributed by atoms with Gasteiger partial charge < -0.3 is 10.4 Å². The second-order valence-corrected chi connectivity index (χ2v) is 7.17. The summed E-state index contributed by atoms with van der Waals surface area (Å²) in [5, 5.41) is 12.1. The lowest BCUT2D eigenvalue weighted by Crippen LogP contribution is -2.33. The van der Waals surface area contributed by atoms with E-state index in [0.717, 1.165) is 11.1 Å². The molecule has 0 aliphatic rings. The summed E-state index contributed by atoms with van der Waals surface area (Å²) < 4.78 is 15.0. The lowest BCUT2D eigenvalue weighted by molar-refractivity contribution is -0.116. The predicted molar refractivity (Wildman–Crippen MR) is 114 cm³/mol. The quantitative estimate of drug-likeness (QED) is 0.655. The van der Waals surface area contributed by atoms with Crippen molar-refractivity contribution in [3.63, 3.8) is 0 Å². The topological polar surface area (TPSA) is 84.2 Å². The number of aromatic nitrogens is 2. The van der Waals surface area contributed by atoms with E-state index in [1.54, 1.807) is 19.1 Å². The average molecular weight is 409 g/mol. The number of aryl methyl sites for hydroxylation is 2. The van der Waals surface area contributed by atoms with Crippen LogP contribution < -0.4 is 10.9 Å². The predicted octanol–water partition coefficient (Wildman–Crippen LogP) is 3.15. The molecule has 2 N–H and O–H groups in total. The fraction of sp³-hybridized carbons (Fsp3) is 0.261. The summed E-state index contributed by atoms with van der Waals surface area (Å²) in [4.78, 5) is 30.3. The zero-order chi connectivity index (χ0) is 21.8. The van der Waals surface area contributed by atoms with Crippen LogP contribution in [0.3, 0.4) is 0 Å². The first kappa shape index (κ1) is 21.4. The molecule has 0 unspecified atom stereocenters. The van der Waals surface area contributed by atoms with E-state index in [0.29, 0.717) is 22.5 Å². The molecule has 0 saturated heterocycles. The number of halogens is 1. The molecule has 0 spiro atoms. The monoisotopic (exact) mass is 409 g/mol. The number of nitrogens with zero attached hydrogens (tertiary/aromatic N) is 2. The molecule has 6 nitrogen and oxygen atoms in total. The Balaban J connectivity index is 2.05. The van der Waals surface area contributed by atoms with Crippen molar-refractivity contribution < 1.29 is 14.3 Å². The standard InChI is InChI=1S/C23H24FN3O3/c1-14-6-4-9-20(15(14)2)26-21(29)13-27-22(17-7-5-8-18(24)12-17)25-16(3)19(10-11-28)23(27)30/h4-9,12,28H,10-11,13H2,1-3H3,(H,26,29). The van der Waals surface area contributed by atoms with Gasteiger partial charge in [0.1, 0.15) is 18.2 Å². The Hall–Kier alpha value is -3.32. The van der Waals surface area contributed by atoms with Gasteiger partial charge >= 0.3 is 0 Å². The molecule has 0 aliphatic carbocycles. The highest BCUT2D eigenvalue weighted by Crippen LogP contribution is 2.20. The summed E-state index contributed by atoms with van der Waals surface area (Å²) in [5.41, 5.74) is 3.38. The van der Waals surface area contributed by atoms with Gasteiger partial charge in [-0.25, -0.2) is 9.37 Å². The number of anilines is 1. The number of amides is 1. The van der Waals surface area contributed by atoms with Gasteiger partial charge in [0.25, 0.3) is 5.56 Å². The zero-order valence-electron chi connectivity index (χ0n) is 17.2. The first-order chi connectivity index (χ1) is 14.3. The highest BCUT2D eigenvalue weighted by molar-refractivity contribution is 5.91. The van der Waals surface area contributed by atoms with Gasteiger partial charge in [0, 0.05) is 35.5 Å². The van der Waals surface area contributed by atoms with Crippen LogP contribution in [0.25, 0.3) is 11.4 Å². The van der Waals surface area contributed by atoms with Crippen LogP contribution in [0.15, 0.2) is 47.3 Å². The number of nitrogens with one attached hydrogen (secondary N) is 1. The summed E-state index contributed by atoms with van der Waals surface area (Å²) >= 11 is 0. The maximum Gasteiger partial charge on any atom is 0.257 e. The molecule has 3 aromatic rings. The molecule has 3 rings (SSSR count). The summed E-state index contributed by atoms with van der Waals surface area (Å²) in [7, 11) is 0. The number of rotatable bonds is 6. The van der Waals surface area contributed by atoms with Crippen molar-refractivity contribution in [2.24, 2.45) is 0 Å². The van der Waals surface area contributed by atoms with E-state index >= 15 is 0 Å². The number of hydrogen-bond donors (Lipinski definition) is 2. The first-order valence-corrected chi connectivity index (χ1v) is 9.65. The van der Waals surface area contributed by atoms with Crippen LogP contribution in [0.2, 0.25) is 0 Å². The molecule has 2 aromatic carbocycles. The van der Waals surface area contributed by atoms with Crippen LogP contribution in [-0.4, -0.2) is 27.2 Å². The maximum absolute atomic E-state index is 13.8. The van der Waals surface area contributed by atoms with E-state index in [4.69, 9.17) is 0 Å². The lowest BCUT2D eigenvalue weighted by Gasteiger charge is -2.16. The normalized spacial score (nSPS) is 10.8. The lowest BCUT2D eigenvalue weighted by atomic mass is 10.1. The van der Waals surface area contributed by atoms with Gasteiger partial charge in [0.2, 0.25) is 5.91 Å². The van der Waals surface area contributed by atoms with Gasteiger partial charge in [0.15, 0.2) is 0 Å². The van der Waals surface area contributed by atoms with Gasteiger partial charge in [0.05, 0.1) is 0 Å². The third kappa shape index (κ3) is 4.46. The highest BCUT2D eigenvalue weighted by Gasteiger charge is 2.18. The van der Waals surface area contributed by atoms with Crippen molar-refractivity contribution in [2.45, 2.75) is 33.7 Å². The van der Waals surface area contributed by atoms with Gasteiger partial charge in [-0.1, -0.05) is 24.3 Å². The van der Waals surface area contributed by atoms with Crippen LogP contribution in [0.4, 0.5) is 10.1 Å². The summed E-state index contributed by atoms with van der Waals surface area (Å²) in [6, 6.07) is 11.3. The fourth-order valence-corrected chi connectivity index (χ4v) is 3.31. The number of carbonyl (C=O) groups is 1. The molecule has 7 heteroatoms. The molecule has 1 aromatic heterocycles. The Bertz CT molecular complexity index is 1150. The van der Waals surface area contributed by atoms with Crippen molar-refractivity contribution in [3.8, 4) is 11.4 Å². The van der Waals surface area contributed by atoms with Crippen LogP contribution in [0.1, 0.15) is 22.4 Å². The first-order valence-electron chi connectivity index (χ1n) is 9.65. The molecular weight excluding hydrogens is 385 g/mol. The second kappa shape index (κ2) is 9.00. The minimum absolute atomic E-state index is 0.125. The van der Waals surface area contributed by atoms with Crippen LogP contribution in [0.5, 0.6) is 0 Å². The Labute approximate surface area is 174 Å². The molecule has 0 atom stereocenters. The van der Waals surface area contributed by atoms with Crippen molar-refractivity contribution in [1.82, 2.24) is 9.55 Å². The summed E-state index contributed by atoms with van der Waals surface area (Å²) in [6.45, 7) is 5.01. The Morgan fingerprint density at radius 2 is 1.90 bits per heavy atom. The van der Waals surface area contributed by atoms with Crippen molar-refractivity contribution in [1.29, 1.82) is 0 Å². The number of hydrogen-bond acceptors (Lipinski definition) is 4. The molecule has 1 heterocycles. The van der Waals surface area contributed by atoms with E-state index in [9.17, 15) is 19.1 Å². The number of benzene rings is 2. The third-order valence-electron chi connectivity index (χ3n) is 5.09. The smallest absolute Gasteiger partial charge is 0.257 e. The SMILES string of the molecule is Cc1cccc(NC(=O)Cn2c(-c3cccc(F)c3)nc(C)c(CCO)c2=O)c1C. The fourth-order valence-electron chi connectivity index (χ4n) is 3.31. The molecule has 0 radical (unpaired) electrons. The van der Waals surface area contributed by atoms with Gasteiger partial charge in [-0.2, -0.15) is 0 Å². The molecule has 0 bridgehead atoms. The number of carbonyl (C=O) groups excluding carboxylic acids is 1. The molecule has 0 saturated carbocycles. The van der Waals surface area contributed by atoms with Gasteiger partial charge in [-0.3, -0.25) is 14.2 Å². The van der Waals surface area contributed by atoms with Gasteiger partial charge in [-0.05, 0) is 50.1 Å². The van der Waals surface area contributed by atoms with Crippen LogP contribution in [-0.2, 0) is 17.8 Å². The van der Waals surface area contributed by atoms with Crippen molar-refractivity contribution in [2.75, 3.05) is 11.9 Å². The van der Waals surface area contributed by atoms with Crippen molar-refractivity contribution in [3.05, 3.63) is 81.0 Å². The van der Waals surface area contributed by atoms with Crippen LogP contribution in [0, 0.1) is 26.6 Å². The molecule has 0 aliphatic heterocycles. The molecule has 0 fully saturated rings. The Morgan fingerprint density at radius 1 is 1.17 bits per heavy atom. The van der Waals surface area contributed by atoms with Crippen LogP contribution >= 0.6 is 0 Å². The average Bonchev–Trinajstić information content (AvgIpc) is 2.70. The zero-order valence-corrected chi connectivity index (χ0v) is 17.2. The maximum atomic E-state index is 13.8. The number of aliphatic hydroxyl groups excluding tert-OH is 1. The van der Waals surface area contributed by atoms with E-state index < -0.39 is 17.3 Å². The Kier molecular flexibility index (Phi) is 6.42. The third-order valence-corrected chi connectivity index (χ3v) is 5.09. The molecule has 1 amide bonds. The molecular formula is C23H24FN3O3. The van der Waals surface area contributed by atoms with Gasteiger partial charge in [-0.15, -0.1) is 0 Å². The van der Waals surface area contributed by atoms with E-state index in [1.807, 2.05) is 26.0 Å². The number of aliphatic hydroxyl groups is 1. The van der Waals surface area contributed by atoms with E-state index in [1.165, 1.54) is 22.8 Å². The van der Waals surface area contributed by atoms with E-state index in [-0.39, 0.29) is 25.4 Å². The molecule has 156 valence electrons.